The van der Waals surface area contributed by atoms with Gasteiger partial charge in [0.2, 0.25) is 0 Å². The van der Waals surface area contributed by atoms with Crippen molar-refractivity contribution < 1.29 is 9.18 Å². The number of hydrogen-bond donors (Lipinski definition) is 2. The van der Waals surface area contributed by atoms with Gasteiger partial charge in [0, 0.05) is 31.2 Å². The lowest BCUT2D eigenvalue weighted by Crippen LogP contribution is -2.41. The number of nitrogens with two attached hydrogens (primary N) is 1. The van der Waals surface area contributed by atoms with E-state index in [2.05, 4.69) is 15.4 Å². The molecule has 0 saturated heterocycles. The van der Waals surface area contributed by atoms with Crippen LogP contribution >= 0.6 is 11.3 Å². The first-order chi connectivity index (χ1) is 12.1. The summed E-state index contributed by atoms with van der Waals surface area (Å²) < 4.78 is 15.0. The summed E-state index contributed by atoms with van der Waals surface area (Å²) in [6.45, 7) is 0.252. The summed E-state index contributed by atoms with van der Waals surface area (Å²) in [6, 6.07) is 7.82. The molecule has 0 fully saturated rings. The molecule has 8 heteroatoms. The molecular formula is C17H18FN5OS. The van der Waals surface area contributed by atoms with E-state index in [0.717, 1.165) is 11.3 Å². The third-order valence-corrected chi connectivity index (χ3v) is 4.61. The number of thiazole rings is 1. The van der Waals surface area contributed by atoms with E-state index in [9.17, 15) is 9.18 Å². The molecular weight excluding hydrogens is 341 g/mol. The molecule has 6 nitrogen and oxygen atoms in total. The van der Waals surface area contributed by atoms with Crippen molar-refractivity contribution in [1.82, 2.24) is 20.1 Å². The van der Waals surface area contributed by atoms with Gasteiger partial charge >= 0.3 is 0 Å². The second kappa shape index (κ2) is 7.54. The summed E-state index contributed by atoms with van der Waals surface area (Å²) in [4.78, 5) is 16.8. The predicted octanol–water partition coefficient (Wildman–Crippen LogP) is 1.98. The zero-order valence-corrected chi connectivity index (χ0v) is 14.5. The average Bonchev–Trinajstić information content (AvgIpc) is 3.22. The molecule has 0 radical (unpaired) electrons. The lowest BCUT2D eigenvalue weighted by molar-refractivity contribution is 0.0937. The first kappa shape index (κ1) is 17.2. The monoisotopic (exact) mass is 359 g/mol. The molecule has 1 aromatic carbocycles. The van der Waals surface area contributed by atoms with Gasteiger partial charge in [0.15, 0.2) is 5.01 Å². The highest BCUT2D eigenvalue weighted by Gasteiger charge is 2.17. The zero-order chi connectivity index (χ0) is 17.8. The number of aromatic nitrogens is 3. The highest BCUT2D eigenvalue weighted by Crippen LogP contribution is 2.21. The van der Waals surface area contributed by atoms with Crippen molar-refractivity contribution in [1.29, 1.82) is 0 Å². The van der Waals surface area contributed by atoms with Crippen LogP contribution in [0.1, 0.15) is 15.4 Å². The number of nitrogens with zero attached hydrogens (tertiary/aromatic N) is 3. The number of rotatable bonds is 6. The second-order valence-electron chi connectivity index (χ2n) is 5.62. The number of aryl methyl sites for hydroxylation is 1. The summed E-state index contributed by atoms with van der Waals surface area (Å²) in [7, 11) is 1.82. The van der Waals surface area contributed by atoms with Gasteiger partial charge < -0.3 is 11.1 Å². The van der Waals surface area contributed by atoms with Gasteiger partial charge in [0.05, 0.1) is 5.69 Å². The Morgan fingerprint density at radius 2 is 2.28 bits per heavy atom. The Hall–Kier alpha value is -2.58. The maximum Gasteiger partial charge on any atom is 0.280 e. The summed E-state index contributed by atoms with van der Waals surface area (Å²) in [5, 5.41) is 9.13. The molecule has 1 atom stereocenters. The largest absolute Gasteiger partial charge is 0.346 e. The molecule has 3 N–H and O–H groups in total. The highest BCUT2D eigenvalue weighted by molar-refractivity contribution is 7.12. The number of halogens is 1. The molecule has 0 aliphatic carbocycles. The van der Waals surface area contributed by atoms with Crippen LogP contribution in [0.15, 0.2) is 41.9 Å². The molecule has 25 heavy (non-hydrogen) atoms. The fourth-order valence-corrected chi connectivity index (χ4v) is 3.22. The maximum absolute atomic E-state index is 13.3. The quantitative estimate of drug-likeness (QED) is 0.705. The molecule has 1 amide bonds. The van der Waals surface area contributed by atoms with Gasteiger partial charge in [-0.3, -0.25) is 9.48 Å². The van der Waals surface area contributed by atoms with E-state index < -0.39 is 0 Å². The van der Waals surface area contributed by atoms with Crippen molar-refractivity contribution in [3.05, 3.63) is 58.3 Å². The van der Waals surface area contributed by atoms with E-state index in [-0.39, 0.29) is 24.3 Å². The second-order valence-corrected chi connectivity index (χ2v) is 6.48. The molecule has 0 saturated carbocycles. The van der Waals surface area contributed by atoms with Crippen LogP contribution in [0.4, 0.5) is 4.39 Å². The number of carbonyl (C=O) groups excluding carboxylic acids is 1. The van der Waals surface area contributed by atoms with Gasteiger partial charge in [0.25, 0.3) is 5.91 Å². The lowest BCUT2D eigenvalue weighted by atomic mass is 10.1. The lowest BCUT2D eigenvalue weighted by Gasteiger charge is -2.16. The van der Waals surface area contributed by atoms with Gasteiger partial charge in [-0.2, -0.15) is 5.10 Å². The molecule has 3 aromatic rings. The fourth-order valence-electron chi connectivity index (χ4n) is 2.51. The van der Waals surface area contributed by atoms with E-state index in [4.69, 9.17) is 5.73 Å². The van der Waals surface area contributed by atoms with E-state index in [1.807, 2.05) is 24.6 Å². The van der Waals surface area contributed by atoms with Crippen LogP contribution in [0.3, 0.4) is 0 Å². The van der Waals surface area contributed by atoms with Gasteiger partial charge in [-0.15, -0.1) is 11.3 Å². The molecule has 2 heterocycles. The van der Waals surface area contributed by atoms with Crippen LogP contribution in [-0.2, 0) is 13.5 Å². The minimum Gasteiger partial charge on any atom is -0.346 e. The van der Waals surface area contributed by atoms with Gasteiger partial charge in [0.1, 0.15) is 11.5 Å². The fraction of sp³-hybridized carbons (Fsp3) is 0.235. The van der Waals surface area contributed by atoms with Crippen molar-refractivity contribution in [2.24, 2.45) is 12.8 Å². The van der Waals surface area contributed by atoms with Crippen molar-refractivity contribution in [2.45, 2.75) is 12.5 Å². The van der Waals surface area contributed by atoms with Crippen molar-refractivity contribution >= 4 is 17.2 Å². The van der Waals surface area contributed by atoms with Crippen LogP contribution in [-0.4, -0.2) is 33.3 Å². The predicted molar refractivity (Wildman–Crippen MR) is 94.7 cm³/mol. The molecule has 0 unspecified atom stereocenters. The topological polar surface area (TPSA) is 85.8 Å². The third kappa shape index (κ3) is 4.09. The summed E-state index contributed by atoms with van der Waals surface area (Å²) in [6.07, 6.45) is 2.14. The number of amides is 1. The summed E-state index contributed by atoms with van der Waals surface area (Å²) >= 11 is 1.26. The minimum absolute atomic E-state index is 0.252. The van der Waals surface area contributed by atoms with Crippen LogP contribution in [0.25, 0.3) is 11.4 Å². The Labute approximate surface area is 148 Å². The molecule has 0 aliphatic heterocycles. The van der Waals surface area contributed by atoms with Gasteiger partial charge in [-0.25, -0.2) is 9.37 Å². The van der Waals surface area contributed by atoms with Crippen LogP contribution in [0.2, 0.25) is 0 Å². The van der Waals surface area contributed by atoms with E-state index in [1.54, 1.807) is 16.9 Å². The van der Waals surface area contributed by atoms with Crippen molar-refractivity contribution in [3.63, 3.8) is 0 Å². The summed E-state index contributed by atoms with van der Waals surface area (Å²) in [5.41, 5.74) is 8.07. The SMILES string of the molecule is Cn1nccc1-c1csc(C(=O)N[C@H](CN)Cc2cccc(F)c2)n1. The Morgan fingerprint density at radius 3 is 2.96 bits per heavy atom. The number of benzene rings is 1. The first-order valence-electron chi connectivity index (χ1n) is 7.76. The Bertz CT molecular complexity index is 875. The van der Waals surface area contributed by atoms with Crippen LogP contribution in [0.5, 0.6) is 0 Å². The van der Waals surface area contributed by atoms with Crippen LogP contribution in [0, 0.1) is 5.82 Å². The molecule has 2 aromatic heterocycles. The van der Waals surface area contributed by atoms with E-state index in [1.165, 1.54) is 23.5 Å². The van der Waals surface area contributed by atoms with Crippen molar-refractivity contribution in [2.75, 3.05) is 6.54 Å². The smallest absolute Gasteiger partial charge is 0.280 e. The minimum atomic E-state index is -0.305. The van der Waals surface area contributed by atoms with Crippen molar-refractivity contribution in [3.8, 4) is 11.4 Å². The Morgan fingerprint density at radius 1 is 1.44 bits per heavy atom. The first-order valence-corrected chi connectivity index (χ1v) is 8.64. The molecule has 130 valence electrons. The highest BCUT2D eigenvalue weighted by atomic mass is 32.1. The van der Waals surface area contributed by atoms with Gasteiger partial charge in [-0.05, 0) is 30.2 Å². The molecule has 0 aliphatic rings. The van der Waals surface area contributed by atoms with E-state index in [0.29, 0.717) is 17.1 Å². The number of carbonyl (C=O) groups is 1. The van der Waals surface area contributed by atoms with Gasteiger partial charge in [-0.1, -0.05) is 12.1 Å². The van der Waals surface area contributed by atoms with Crippen LogP contribution < -0.4 is 11.1 Å². The molecule has 0 bridgehead atoms. The standard InChI is InChI=1S/C17H18FN5OS/c1-23-15(5-6-20-23)14-10-25-17(22-14)16(24)21-13(9-19)8-11-3-2-4-12(18)7-11/h2-7,10,13H,8-9,19H2,1H3,(H,21,24)/t13-/m0/s1. The normalized spacial score (nSPS) is 12.1. The maximum atomic E-state index is 13.3. The average molecular weight is 359 g/mol. The zero-order valence-electron chi connectivity index (χ0n) is 13.6. The number of nitrogens with one attached hydrogen (secondary N) is 1. The Kier molecular flexibility index (Phi) is 5.20. The van der Waals surface area contributed by atoms with E-state index >= 15 is 0 Å². The third-order valence-electron chi connectivity index (χ3n) is 3.77. The number of hydrogen-bond acceptors (Lipinski definition) is 5. The summed E-state index contributed by atoms with van der Waals surface area (Å²) in [5.74, 6) is -0.592. The molecule has 3 rings (SSSR count). The Balaban J connectivity index is 1.68. The molecule has 0 spiro atoms.